The van der Waals surface area contributed by atoms with Crippen molar-refractivity contribution in [3.05, 3.63) is 36.2 Å². The summed E-state index contributed by atoms with van der Waals surface area (Å²) in [6.07, 6.45) is 2.67. The average Bonchev–Trinajstić information content (AvgIpc) is 3.09. The van der Waals surface area contributed by atoms with Crippen molar-refractivity contribution in [1.82, 2.24) is 15.1 Å². The van der Waals surface area contributed by atoms with Gasteiger partial charge in [-0.2, -0.15) is 0 Å². The van der Waals surface area contributed by atoms with Crippen LogP contribution in [0, 0.1) is 0 Å². The Morgan fingerprint density at radius 1 is 1.21 bits per heavy atom. The molecule has 1 atom stereocenters. The van der Waals surface area contributed by atoms with E-state index in [1.165, 1.54) is 4.90 Å². The van der Waals surface area contributed by atoms with E-state index in [1.54, 1.807) is 0 Å². The molecule has 1 N–H and O–H groups in total. The first kappa shape index (κ1) is 16.2. The van der Waals surface area contributed by atoms with Crippen molar-refractivity contribution >= 4 is 11.9 Å². The van der Waals surface area contributed by atoms with Crippen molar-refractivity contribution in [3.8, 4) is 11.5 Å². The summed E-state index contributed by atoms with van der Waals surface area (Å²) in [5.74, 6) is -0.320. The number of hydrogen-bond donors (Lipinski definition) is 1. The number of benzene rings is 1. The number of likely N-dealkylation sites (tertiary alicyclic amines) is 1. The fraction of sp³-hybridized carbons (Fsp3) is 0.412. The molecule has 1 aromatic heterocycles. The topological polar surface area (TPSA) is 96.5 Å². The van der Waals surface area contributed by atoms with Crippen LogP contribution in [0.5, 0.6) is 0 Å². The number of aliphatic carboxylic acids is 1. The lowest BCUT2D eigenvalue weighted by molar-refractivity contribution is -0.152. The lowest BCUT2D eigenvalue weighted by Crippen LogP contribution is -2.48. The third kappa shape index (κ3) is 3.61. The molecule has 7 heteroatoms. The second kappa shape index (κ2) is 7.25. The number of hydrogen-bond acceptors (Lipinski definition) is 5. The maximum absolute atomic E-state index is 12.3. The summed E-state index contributed by atoms with van der Waals surface area (Å²) in [7, 11) is 0. The van der Waals surface area contributed by atoms with Gasteiger partial charge in [0.2, 0.25) is 17.7 Å². The number of carbonyl (C=O) groups is 2. The van der Waals surface area contributed by atoms with Crippen LogP contribution in [0.25, 0.3) is 11.5 Å². The molecule has 24 heavy (non-hydrogen) atoms. The predicted molar refractivity (Wildman–Crippen MR) is 85.0 cm³/mol. The van der Waals surface area contributed by atoms with Crippen molar-refractivity contribution in [2.75, 3.05) is 6.54 Å². The van der Waals surface area contributed by atoms with E-state index in [2.05, 4.69) is 10.2 Å². The molecule has 2 aromatic rings. The smallest absolute Gasteiger partial charge is 0.326 e. The van der Waals surface area contributed by atoms with Gasteiger partial charge in [-0.15, -0.1) is 10.2 Å². The maximum Gasteiger partial charge on any atom is 0.326 e. The van der Waals surface area contributed by atoms with Gasteiger partial charge in [0.05, 0.1) is 0 Å². The van der Waals surface area contributed by atoms with E-state index in [0.29, 0.717) is 31.2 Å². The first-order chi connectivity index (χ1) is 11.6. The van der Waals surface area contributed by atoms with E-state index in [9.17, 15) is 14.7 Å². The molecule has 1 amide bonds. The Balaban J connectivity index is 1.60. The van der Waals surface area contributed by atoms with Crippen LogP contribution in [0.4, 0.5) is 0 Å². The van der Waals surface area contributed by atoms with Crippen LogP contribution in [0.15, 0.2) is 34.7 Å². The number of rotatable bonds is 5. The molecule has 1 unspecified atom stereocenters. The molecule has 1 aliphatic heterocycles. The van der Waals surface area contributed by atoms with Gasteiger partial charge in [-0.1, -0.05) is 18.2 Å². The SMILES string of the molecule is O=C(O)C1CCCCN1C(=O)CCc1nnc(-c2ccccc2)o1. The molecular formula is C17H19N3O4. The highest BCUT2D eigenvalue weighted by Crippen LogP contribution is 2.20. The Morgan fingerprint density at radius 2 is 2.00 bits per heavy atom. The van der Waals surface area contributed by atoms with E-state index < -0.39 is 12.0 Å². The highest BCUT2D eigenvalue weighted by Gasteiger charge is 2.31. The molecule has 0 radical (unpaired) electrons. The Kier molecular flexibility index (Phi) is 4.88. The number of nitrogens with zero attached hydrogens (tertiary/aromatic N) is 3. The van der Waals surface area contributed by atoms with Gasteiger partial charge in [0.25, 0.3) is 0 Å². The molecule has 0 spiro atoms. The maximum atomic E-state index is 12.3. The zero-order chi connectivity index (χ0) is 16.9. The molecule has 1 saturated heterocycles. The molecule has 126 valence electrons. The van der Waals surface area contributed by atoms with Gasteiger partial charge in [0, 0.05) is 24.9 Å². The minimum Gasteiger partial charge on any atom is -0.480 e. The first-order valence-corrected chi connectivity index (χ1v) is 8.05. The number of carbonyl (C=O) groups excluding carboxylic acids is 1. The summed E-state index contributed by atoms with van der Waals surface area (Å²) in [6, 6.07) is 8.68. The summed E-state index contributed by atoms with van der Waals surface area (Å²) < 4.78 is 5.57. The molecule has 1 aliphatic rings. The third-order valence-corrected chi connectivity index (χ3v) is 4.15. The largest absolute Gasteiger partial charge is 0.480 e. The number of piperidine rings is 1. The number of aryl methyl sites for hydroxylation is 1. The van der Waals surface area contributed by atoms with Gasteiger partial charge >= 0.3 is 5.97 Å². The van der Waals surface area contributed by atoms with Gasteiger partial charge in [-0.3, -0.25) is 4.79 Å². The van der Waals surface area contributed by atoms with Crippen molar-refractivity contribution in [1.29, 1.82) is 0 Å². The molecule has 2 heterocycles. The zero-order valence-electron chi connectivity index (χ0n) is 13.2. The van der Waals surface area contributed by atoms with Crippen LogP contribution >= 0.6 is 0 Å². The molecule has 7 nitrogen and oxygen atoms in total. The average molecular weight is 329 g/mol. The quantitative estimate of drug-likeness (QED) is 0.902. The number of carboxylic acids is 1. The standard InChI is InChI=1S/C17H19N3O4/c21-15(20-11-5-4-8-13(20)17(22)23)10-9-14-18-19-16(24-14)12-6-2-1-3-7-12/h1-3,6-7,13H,4-5,8-11H2,(H,22,23). The molecular weight excluding hydrogens is 310 g/mol. The van der Waals surface area contributed by atoms with Crippen LogP contribution in [-0.4, -0.2) is 44.7 Å². The van der Waals surface area contributed by atoms with Gasteiger partial charge in [0.1, 0.15) is 6.04 Å². The summed E-state index contributed by atoms with van der Waals surface area (Å²) in [5, 5.41) is 17.2. The van der Waals surface area contributed by atoms with Crippen molar-refractivity contribution in [2.24, 2.45) is 0 Å². The Labute approximate surface area is 139 Å². The highest BCUT2D eigenvalue weighted by molar-refractivity contribution is 5.83. The Morgan fingerprint density at radius 3 is 2.75 bits per heavy atom. The molecule has 1 aromatic carbocycles. The van der Waals surface area contributed by atoms with Gasteiger partial charge < -0.3 is 14.4 Å². The Hall–Kier alpha value is -2.70. The molecule has 0 saturated carbocycles. The van der Waals surface area contributed by atoms with Gasteiger partial charge in [-0.25, -0.2) is 4.79 Å². The van der Waals surface area contributed by atoms with E-state index in [-0.39, 0.29) is 12.3 Å². The minimum absolute atomic E-state index is 0.167. The normalized spacial score (nSPS) is 17.7. The molecule has 3 rings (SSSR count). The van der Waals surface area contributed by atoms with E-state index in [1.807, 2.05) is 30.3 Å². The summed E-state index contributed by atoms with van der Waals surface area (Å²) >= 11 is 0. The minimum atomic E-state index is -0.938. The van der Waals surface area contributed by atoms with E-state index in [4.69, 9.17) is 4.42 Å². The van der Waals surface area contributed by atoms with Crippen molar-refractivity contribution in [3.63, 3.8) is 0 Å². The lowest BCUT2D eigenvalue weighted by Gasteiger charge is -2.32. The number of carboxylic acid groups (broad SMARTS) is 1. The van der Waals surface area contributed by atoms with Crippen LogP contribution in [0.3, 0.4) is 0 Å². The third-order valence-electron chi connectivity index (χ3n) is 4.15. The first-order valence-electron chi connectivity index (χ1n) is 8.05. The monoisotopic (exact) mass is 329 g/mol. The highest BCUT2D eigenvalue weighted by atomic mass is 16.4. The van der Waals surface area contributed by atoms with Gasteiger partial charge in [0.15, 0.2) is 0 Å². The second-order valence-corrected chi connectivity index (χ2v) is 5.80. The van der Waals surface area contributed by atoms with Gasteiger partial charge in [-0.05, 0) is 31.4 Å². The molecule has 0 bridgehead atoms. The second-order valence-electron chi connectivity index (χ2n) is 5.80. The molecule has 1 fully saturated rings. The summed E-state index contributed by atoms with van der Waals surface area (Å²) in [6.45, 7) is 0.495. The summed E-state index contributed by atoms with van der Waals surface area (Å²) in [4.78, 5) is 25.1. The fourth-order valence-corrected chi connectivity index (χ4v) is 2.90. The predicted octanol–water partition coefficient (Wildman–Crippen LogP) is 2.13. The van der Waals surface area contributed by atoms with Crippen LogP contribution in [0.2, 0.25) is 0 Å². The zero-order valence-corrected chi connectivity index (χ0v) is 13.2. The van der Waals surface area contributed by atoms with E-state index in [0.717, 1.165) is 18.4 Å². The Bertz CT molecular complexity index is 714. The van der Waals surface area contributed by atoms with Crippen LogP contribution in [0.1, 0.15) is 31.6 Å². The molecule has 0 aliphatic carbocycles. The van der Waals surface area contributed by atoms with Crippen LogP contribution in [-0.2, 0) is 16.0 Å². The van der Waals surface area contributed by atoms with E-state index >= 15 is 0 Å². The van der Waals surface area contributed by atoms with Crippen LogP contribution < -0.4 is 0 Å². The fourth-order valence-electron chi connectivity index (χ4n) is 2.90. The number of aromatic nitrogens is 2. The van der Waals surface area contributed by atoms with Crippen molar-refractivity contribution in [2.45, 2.75) is 38.1 Å². The lowest BCUT2D eigenvalue weighted by atomic mass is 10.0. The summed E-state index contributed by atoms with van der Waals surface area (Å²) in [5.41, 5.74) is 0.824. The number of amides is 1. The van der Waals surface area contributed by atoms with Crippen molar-refractivity contribution < 1.29 is 19.1 Å².